The number of carbonyl (C=O) groups is 1. The normalized spacial score (nSPS) is 31.7. The topological polar surface area (TPSA) is 46.3 Å². The third-order valence-electron chi connectivity index (χ3n) is 3.74. The summed E-state index contributed by atoms with van der Waals surface area (Å²) in [4.78, 5) is 14.0. The summed E-state index contributed by atoms with van der Waals surface area (Å²) in [7, 11) is 1.87. The molecule has 0 aromatic carbocycles. The van der Waals surface area contributed by atoms with Gasteiger partial charge in [0.15, 0.2) is 0 Å². The Labute approximate surface area is 93.0 Å². The molecule has 0 aromatic rings. The van der Waals surface area contributed by atoms with Crippen LogP contribution in [-0.4, -0.2) is 29.9 Å². The highest BCUT2D eigenvalue weighted by Gasteiger charge is 2.34. The van der Waals surface area contributed by atoms with Gasteiger partial charge in [0, 0.05) is 19.1 Å². The largest absolute Gasteiger partial charge is 0.343 e. The molecule has 1 aliphatic carbocycles. The van der Waals surface area contributed by atoms with E-state index in [0.717, 1.165) is 19.3 Å². The van der Waals surface area contributed by atoms with Gasteiger partial charge in [-0.05, 0) is 32.6 Å². The zero-order valence-electron chi connectivity index (χ0n) is 10.4. The van der Waals surface area contributed by atoms with Gasteiger partial charge >= 0.3 is 0 Å². The van der Waals surface area contributed by atoms with Crippen molar-refractivity contribution < 1.29 is 4.79 Å². The smallest absolute Gasteiger partial charge is 0.227 e. The van der Waals surface area contributed by atoms with Crippen molar-refractivity contribution in [3.63, 3.8) is 0 Å². The second-order valence-corrected chi connectivity index (χ2v) is 5.13. The van der Waals surface area contributed by atoms with Crippen LogP contribution in [0.1, 0.15) is 40.0 Å². The van der Waals surface area contributed by atoms with Crippen molar-refractivity contribution in [3.8, 4) is 0 Å². The molecule has 1 amide bonds. The molecule has 0 saturated heterocycles. The molecule has 1 aliphatic rings. The maximum absolute atomic E-state index is 12.1. The van der Waals surface area contributed by atoms with E-state index in [0.29, 0.717) is 5.92 Å². The van der Waals surface area contributed by atoms with Crippen molar-refractivity contribution >= 4 is 5.91 Å². The van der Waals surface area contributed by atoms with Gasteiger partial charge in [-0.15, -0.1) is 0 Å². The number of hydrogen-bond donors (Lipinski definition) is 1. The van der Waals surface area contributed by atoms with Crippen molar-refractivity contribution in [3.05, 3.63) is 0 Å². The molecule has 0 radical (unpaired) electrons. The highest BCUT2D eigenvalue weighted by atomic mass is 16.2. The first-order valence-electron chi connectivity index (χ1n) is 5.97. The molecule has 1 rings (SSSR count). The van der Waals surface area contributed by atoms with Crippen LogP contribution >= 0.6 is 0 Å². The maximum atomic E-state index is 12.1. The first-order valence-corrected chi connectivity index (χ1v) is 5.97. The van der Waals surface area contributed by atoms with Crippen LogP contribution < -0.4 is 5.73 Å². The van der Waals surface area contributed by atoms with Crippen molar-refractivity contribution in [1.29, 1.82) is 0 Å². The van der Waals surface area contributed by atoms with E-state index in [4.69, 9.17) is 5.73 Å². The summed E-state index contributed by atoms with van der Waals surface area (Å²) in [6.45, 7) is 6.23. The minimum atomic E-state index is 0.0427. The molecule has 0 spiro atoms. The molecule has 0 aliphatic heterocycles. The summed E-state index contributed by atoms with van der Waals surface area (Å²) in [5.74, 6) is 0.749. The van der Waals surface area contributed by atoms with Crippen LogP contribution in [0.2, 0.25) is 0 Å². The number of nitrogens with two attached hydrogens (primary N) is 1. The average molecular weight is 212 g/mol. The van der Waals surface area contributed by atoms with E-state index in [1.54, 1.807) is 0 Å². The molecule has 2 N–H and O–H groups in total. The summed E-state index contributed by atoms with van der Waals surface area (Å²) in [5, 5.41) is 0. The molecular formula is C12H24N2O. The zero-order chi connectivity index (χ0) is 11.6. The Hall–Kier alpha value is -0.570. The Morgan fingerprint density at radius 2 is 2.00 bits per heavy atom. The van der Waals surface area contributed by atoms with Crippen LogP contribution in [0.15, 0.2) is 0 Å². The van der Waals surface area contributed by atoms with Crippen LogP contribution in [0.5, 0.6) is 0 Å². The first kappa shape index (κ1) is 12.5. The Morgan fingerprint density at radius 3 is 2.53 bits per heavy atom. The van der Waals surface area contributed by atoms with E-state index in [1.807, 2.05) is 25.8 Å². The third kappa shape index (κ3) is 2.71. The monoisotopic (exact) mass is 212 g/mol. The van der Waals surface area contributed by atoms with E-state index in [9.17, 15) is 4.79 Å². The Morgan fingerprint density at radius 1 is 1.40 bits per heavy atom. The molecule has 15 heavy (non-hydrogen) atoms. The number of rotatable bonds is 2. The van der Waals surface area contributed by atoms with E-state index < -0.39 is 0 Å². The lowest BCUT2D eigenvalue weighted by Crippen LogP contribution is -2.49. The van der Waals surface area contributed by atoms with Gasteiger partial charge in [0.2, 0.25) is 5.91 Å². The molecule has 0 aromatic heterocycles. The van der Waals surface area contributed by atoms with Crippen molar-refractivity contribution in [1.82, 2.24) is 4.90 Å². The van der Waals surface area contributed by atoms with Gasteiger partial charge < -0.3 is 10.6 Å². The fraction of sp³-hybridized carbons (Fsp3) is 0.917. The second-order valence-electron chi connectivity index (χ2n) is 5.13. The van der Waals surface area contributed by atoms with Crippen LogP contribution in [0, 0.1) is 11.8 Å². The second kappa shape index (κ2) is 4.97. The highest BCUT2D eigenvalue weighted by molar-refractivity contribution is 5.79. The Balaban J connectivity index is 2.66. The summed E-state index contributed by atoms with van der Waals surface area (Å²) in [5.41, 5.74) is 6.11. The minimum absolute atomic E-state index is 0.0427. The van der Waals surface area contributed by atoms with Crippen molar-refractivity contribution in [2.45, 2.75) is 52.1 Å². The fourth-order valence-corrected chi connectivity index (χ4v) is 2.25. The summed E-state index contributed by atoms with van der Waals surface area (Å²) in [6, 6.07) is 0.314. The van der Waals surface area contributed by atoms with Crippen LogP contribution in [0.3, 0.4) is 0 Å². The minimum Gasteiger partial charge on any atom is -0.343 e. The molecule has 88 valence electrons. The predicted molar refractivity (Wildman–Crippen MR) is 62.4 cm³/mol. The van der Waals surface area contributed by atoms with Gasteiger partial charge in [0.05, 0.1) is 5.92 Å². The maximum Gasteiger partial charge on any atom is 0.227 e. The number of carbonyl (C=O) groups excluding carboxylic acids is 1. The van der Waals surface area contributed by atoms with Crippen molar-refractivity contribution in [2.75, 3.05) is 7.05 Å². The van der Waals surface area contributed by atoms with Gasteiger partial charge in [-0.25, -0.2) is 0 Å². The summed E-state index contributed by atoms with van der Waals surface area (Å²) < 4.78 is 0. The van der Waals surface area contributed by atoms with E-state index in [2.05, 4.69) is 6.92 Å². The van der Waals surface area contributed by atoms with Gasteiger partial charge in [-0.3, -0.25) is 4.79 Å². The van der Waals surface area contributed by atoms with Crippen molar-refractivity contribution in [2.24, 2.45) is 17.6 Å². The lowest BCUT2D eigenvalue weighted by Gasteiger charge is -2.36. The first-order chi connectivity index (χ1) is 6.95. The van der Waals surface area contributed by atoms with Gasteiger partial charge in [0.25, 0.3) is 0 Å². The molecule has 3 unspecified atom stereocenters. The van der Waals surface area contributed by atoms with E-state index >= 15 is 0 Å². The Kier molecular flexibility index (Phi) is 4.14. The van der Waals surface area contributed by atoms with Crippen LogP contribution in [0.4, 0.5) is 0 Å². The molecule has 3 atom stereocenters. The summed E-state index contributed by atoms with van der Waals surface area (Å²) >= 11 is 0. The molecule has 1 saturated carbocycles. The molecular weight excluding hydrogens is 188 g/mol. The molecule has 3 nitrogen and oxygen atoms in total. The zero-order valence-corrected chi connectivity index (χ0v) is 10.4. The fourth-order valence-electron chi connectivity index (χ4n) is 2.25. The summed E-state index contributed by atoms with van der Waals surface area (Å²) in [6.07, 6.45) is 3.26. The number of amides is 1. The molecule has 0 bridgehead atoms. The van der Waals surface area contributed by atoms with E-state index in [1.165, 1.54) is 0 Å². The molecule has 1 fully saturated rings. The lowest BCUT2D eigenvalue weighted by molar-refractivity contribution is -0.137. The van der Waals surface area contributed by atoms with Crippen LogP contribution in [-0.2, 0) is 4.79 Å². The Bertz CT molecular complexity index is 228. The number of hydrogen-bond acceptors (Lipinski definition) is 2. The SMILES string of the molecule is CC1CCCC(C(=O)N(C)C(C)C)C1N. The highest BCUT2D eigenvalue weighted by Crippen LogP contribution is 2.29. The van der Waals surface area contributed by atoms with Gasteiger partial charge in [-0.2, -0.15) is 0 Å². The predicted octanol–water partition coefficient (Wildman–Crippen LogP) is 1.62. The van der Waals surface area contributed by atoms with E-state index in [-0.39, 0.29) is 23.9 Å². The standard InChI is InChI=1S/C12H24N2O/c1-8(2)14(4)12(15)10-7-5-6-9(3)11(10)13/h8-11H,5-7,13H2,1-4H3. The average Bonchev–Trinajstić information content (AvgIpc) is 2.20. The quantitative estimate of drug-likeness (QED) is 0.756. The van der Waals surface area contributed by atoms with Crippen LogP contribution in [0.25, 0.3) is 0 Å². The van der Waals surface area contributed by atoms with Gasteiger partial charge in [-0.1, -0.05) is 13.3 Å². The molecule has 3 heteroatoms. The third-order valence-corrected chi connectivity index (χ3v) is 3.74. The number of nitrogens with zero attached hydrogens (tertiary/aromatic N) is 1. The van der Waals surface area contributed by atoms with Gasteiger partial charge in [0.1, 0.15) is 0 Å². The lowest BCUT2D eigenvalue weighted by atomic mass is 9.77. The molecule has 0 heterocycles.